The lowest BCUT2D eigenvalue weighted by Gasteiger charge is -2.21. The van der Waals surface area contributed by atoms with Crippen molar-refractivity contribution in [3.63, 3.8) is 0 Å². The van der Waals surface area contributed by atoms with Gasteiger partial charge in [-0.2, -0.15) is 0 Å². The number of nitrogens with one attached hydrogen (secondary N) is 1. The number of amides is 1. The van der Waals surface area contributed by atoms with E-state index >= 15 is 0 Å². The molecule has 1 amide bonds. The first-order valence-corrected chi connectivity index (χ1v) is 5.49. The van der Waals surface area contributed by atoms with Crippen molar-refractivity contribution in [2.75, 3.05) is 12.4 Å². The predicted octanol–water partition coefficient (Wildman–Crippen LogP) is 1.53. The minimum Gasteiger partial charge on any atom is -0.391 e. The monoisotopic (exact) mass is 221 g/mol. The number of halogens is 1. The highest BCUT2D eigenvalue weighted by molar-refractivity contribution is 6.19. The summed E-state index contributed by atoms with van der Waals surface area (Å²) in [5, 5.41) is 12.1. The van der Waals surface area contributed by atoms with Crippen molar-refractivity contribution >= 4 is 17.5 Å². The number of rotatable bonds is 6. The van der Waals surface area contributed by atoms with Crippen molar-refractivity contribution in [1.82, 2.24) is 5.32 Å². The molecule has 0 aromatic carbocycles. The fraction of sp³-hybridized carbons (Fsp3) is 0.900. The first-order chi connectivity index (χ1) is 6.44. The molecule has 0 aromatic rings. The minimum atomic E-state index is -0.562. The third kappa shape index (κ3) is 4.82. The Morgan fingerprint density at radius 1 is 1.57 bits per heavy atom. The van der Waals surface area contributed by atoms with Crippen LogP contribution in [0.15, 0.2) is 0 Å². The van der Waals surface area contributed by atoms with Crippen LogP contribution in [0.1, 0.15) is 33.6 Å². The molecule has 0 aliphatic heterocycles. The Kier molecular flexibility index (Phi) is 6.12. The van der Waals surface area contributed by atoms with Crippen LogP contribution >= 0.6 is 11.6 Å². The van der Waals surface area contributed by atoms with Crippen LogP contribution in [0.2, 0.25) is 0 Å². The summed E-state index contributed by atoms with van der Waals surface area (Å²) in [4.78, 5) is 11.5. The zero-order chi connectivity index (χ0) is 11.2. The van der Waals surface area contributed by atoms with E-state index in [4.69, 9.17) is 11.6 Å². The maximum atomic E-state index is 11.5. The molecule has 0 aliphatic rings. The molecule has 0 bridgehead atoms. The number of hydrogen-bond acceptors (Lipinski definition) is 2. The number of aliphatic hydroxyl groups is 1. The molecule has 0 fully saturated rings. The van der Waals surface area contributed by atoms with Crippen LogP contribution in [0.5, 0.6) is 0 Å². The lowest BCUT2D eigenvalue weighted by Crippen LogP contribution is -2.41. The van der Waals surface area contributed by atoms with E-state index in [9.17, 15) is 9.90 Å². The van der Waals surface area contributed by atoms with E-state index in [0.29, 0.717) is 13.0 Å². The molecule has 84 valence electrons. The minimum absolute atomic E-state index is 0.109. The van der Waals surface area contributed by atoms with Gasteiger partial charge in [0.1, 0.15) is 0 Å². The van der Waals surface area contributed by atoms with Gasteiger partial charge in [-0.15, -0.1) is 11.6 Å². The first-order valence-electron chi connectivity index (χ1n) is 4.96. The van der Waals surface area contributed by atoms with Gasteiger partial charge >= 0.3 is 0 Å². The van der Waals surface area contributed by atoms with Crippen molar-refractivity contribution in [1.29, 1.82) is 0 Å². The maximum Gasteiger partial charge on any atom is 0.226 e. The van der Waals surface area contributed by atoms with Crippen LogP contribution in [0.25, 0.3) is 0 Å². The summed E-state index contributed by atoms with van der Waals surface area (Å²) in [7, 11) is 0. The second-order valence-corrected chi connectivity index (χ2v) is 4.44. The molecular formula is C10H20ClNO2. The molecule has 3 nitrogen and oxygen atoms in total. The number of hydrogen-bond donors (Lipinski definition) is 2. The molecule has 0 saturated heterocycles. The summed E-state index contributed by atoms with van der Waals surface area (Å²) in [5.74, 6) is 0.172. The summed E-state index contributed by atoms with van der Waals surface area (Å²) < 4.78 is 0. The van der Waals surface area contributed by atoms with Gasteiger partial charge in [-0.1, -0.05) is 13.3 Å². The zero-order valence-corrected chi connectivity index (χ0v) is 9.90. The molecule has 14 heavy (non-hydrogen) atoms. The number of carbonyl (C=O) groups is 1. The van der Waals surface area contributed by atoms with Crippen LogP contribution in [0, 0.1) is 5.41 Å². The van der Waals surface area contributed by atoms with Crippen molar-refractivity contribution in [2.24, 2.45) is 5.41 Å². The Bertz CT molecular complexity index is 183. The number of alkyl halides is 1. The predicted molar refractivity (Wildman–Crippen MR) is 58.4 cm³/mol. The molecule has 0 saturated carbocycles. The first kappa shape index (κ1) is 13.7. The van der Waals surface area contributed by atoms with Crippen LogP contribution in [0.3, 0.4) is 0 Å². The molecule has 0 aromatic heterocycles. The fourth-order valence-electron chi connectivity index (χ4n) is 0.946. The molecule has 0 radical (unpaired) electrons. The van der Waals surface area contributed by atoms with Crippen LogP contribution in [-0.4, -0.2) is 29.5 Å². The Balaban J connectivity index is 3.85. The SMILES string of the molecule is CCCC(O)CNC(=O)C(C)(C)CCl. The van der Waals surface area contributed by atoms with E-state index in [1.54, 1.807) is 13.8 Å². The van der Waals surface area contributed by atoms with Crippen LogP contribution in [-0.2, 0) is 4.79 Å². The molecule has 0 spiro atoms. The summed E-state index contributed by atoms with van der Waals surface area (Å²) in [6.45, 7) is 5.86. The maximum absolute atomic E-state index is 11.5. The summed E-state index contributed by atoms with van der Waals surface area (Å²) in [6, 6.07) is 0. The quantitative estimate of drug-likeness (QED) is 0.669. The van der Waals surface area contributed by atoms with E-state index < -0.39 is 11.5 Å². The van der Waals surface area contributed by atoms with Gasteiger partial charge in [0.2, 0.25) is 5.91 Å². The molecule has 0 rings (SSSR count). The van der Waals surface area contributed by atoms with Crippen molar-refractivity contribution in [2.45, 2.75) is 39.7 Å². The van der Waals surface area contributed by atoms with Crippen molar-refractivity contribution in [3.8, 4) is 0 Å². The van der Waals surface area contributed by atoms with E-state index in [2.05, 4.69) is 5.32 Å². The van der Waals surface area contributed by atoms with E-state index in [-0.39, 0.29) is 11.8 Å². The molecule has 4 heteroatoms. The largest absolute Gasteiger partial charge is 0.391 e. The highest BCUT2D eigenvalue weighted by atomic mass is 35.5. The average molecular weight is 222 g/mol. The van der Waals surface area contributed by atoms with E-state index in [0.717, 1.165) is 6.42 Å². The molecule has 0 aliphatic carbocycles. The average Bonchev–Trinajstić information content (AvgIpc) is 2.14. The van der Waals surface area contributed by atoms with Gasteiger partial charge < -0.3 is 10.4 Å². The smallest absolute Gasteiger partial charge is 0.226 e. The van der Waals surface area contributed by atoms with Gasteiger partial charge in [0.25, 0.3) is 0 Å². The second kappa shape index (κ2) is 6.25. The van der Waals surface area contributed by atoms with E-state index in [1.165, 1.54) is 0 Å². The van der Waals surface area contributed by atoms with Gasteiger partial charge in [0, 0.05) is 12.4 Å². The lowest BCUT2D eigenvalue weighted by atomic mass is 9.95. The molecule has 1 atom stereocenters. The highest BCUT2D eigenvalue weighted by Crippen LogP contribution is 2.16. The van der Waals surface area contributed by atoms with Gasteiger partial charge in [-0.25, -0.2) is 0 Å². The number of carbonyl (C=O) groups excluding carboxylic acids is 1. The second-order valence-electron chi connectivity index (χ2n) is 4.17. The van der Waals surface area contributed by atoms with Gasteiger partial charge in [0.15, 0.2) is 0 Å². The fourth-order valence-corrected chi connectivity index (χ4v) is 1.07. The third-order valence-corrected chi connectivity index (χ3v) is 2.74. The number of aliphatic hydroxyl groups excluding tert-OH is 1. The molecule has 0 heterocycles. The highest BCUT2D eigenvalue weighted by Gasteiger charge is 2.26. The molecule has 1 unspecified atom stereocenters. The lowest BCUT2D eigenvalue weighted by molar-refractivity contribution is -0.128. The Morgan fingerprint density at radius 3 is 2.57 bits per heavy atom. The topological polar surface area (TPSA) is 49.3 Å². The zero-order valence-electron chi connectivity index (χ0n) is 9.14. The van der Waals surface area contributed by atoms with E-state index in [1.807, 2.05) is 6.92 Å². The third-order valence-electron chi connectivity index (χ3n) is 2.07. The normalized spacial score (nSPS) is 13.8. The van der Waals surface area contributed by atoms with Crippen molar-refractivity contribution < 1.29 is 9.90 Å². The van der Waals surface area contributed by atoms with Crippen LogP contribution in [0.4, 0.5) is 0 Å². The summed E-state index contributed by atoms with van der Waals surface area (Å²) >= 11 is 5.64. The van der Waals surface area contributed by atoms with Gasteiger partial charge in [-0.05, 0) is 20.3 Å². The van der Waals surface area contributed by atoms with Crippen LogP contribution < -0.4 is 5.32 Å². The Hall–Kier alpha value is -0.280. The summed E-state index contributed by atoms with van der Waals surface area (Å²) in [5.41, 5.74) is -0.562. The van der Waals surface area contributed by atoms with Gasteiger partial charge in [0.05, 0.1) is 11.5 Å². The molecule has 2 N–H and O–H groups in total. The summed E-state index contributed by atoms with van der Waals surface area (Å²) in [6.07, 6.45) is 1.17. The standard InChI is InChI=1S/C10H20ClNO2/c1-4-5-8(13)6-12-9(14)10(2,3)7-11/h8,13H,4-7H2,1-3H3,(H,12,14). The van der Waals surface area contributed by atoms with Crippen molar-refractivity contribution in [3.05, 3.63) is 0 Å². The Labute approximate surface area is 90.8 Å². The Morgan fingerprint density at radius 2 is 2.14 bits per heavy atom. The van der Waals surface area contributed by atoms with Gasteiger partial charge in [-0.3, -0.25) is 4.79 Å². The molecular weight excluding hydrogens is 202 g/mol.